The van der Waals surface area contributed by atoms with Crippen LogP contribution in [-0.4, -0.2) is 73.5 Å². The molecule has 0 bridgehead atoms. The van der Waals surface area contributed by atoms with Gasteiger partial charge in [0.05, 0.1) is 23.5 Å². The number of rotatable bonds is 15. The topological polar surface area (TPSA) is 158 Å². The molecule has 0 unspecified atom stereocenters. The van der Waals surface area contributed by atoms with Crippen LogP contribution in [0.1, 0.15) is 70.6 Å². The van der Waals surface area contributed by atoms with E-state index in [4.69, 9.17) is 4.74 Å². The molecule has 3 aromatic rings. The van der Waals surface area contributed by atoms with Gasteiger partial charge in [0.25, 0.3) is 0 Å². The Balaban J connectivity index is 1.52. The number of imidazole rings is 1. The van der Waals surface area contributed by atoms with Crippen LogP contribution in [0.5, 0.6) is 0 Å². The third-order valence-electron chi connectivity index (χ3n) is 8.05. The van der Waals surface area contributed by atoms with E-state index in [1.165, 1.54) is 24.5 Å². The number of ether oxygens (including phenoxy) is 1. The molecular formula is C35H48N6O5S. The van der Waals surface area contributed by atoms with Crippen molar-refractivity contribution in [2.24, 2.45) is 5.92 Å². The number of carbonyl (C=O) groups is 3. The molecule has 11 nitrogen and oxygen atoms in total. The molecule has 0 saturated heterocycles. The van der Waals surface area contributed by atoms with Crippen LogP contribution < -0.4 is 16.0 Å². The monoisotopic (exact) mass is 664 g/mol. The van der Waals surface area contributed by atoms with Crippen molar-refractivity contribution >= 4 is 29.7 Å². The van der Waals surface area contributed by atoms with Crippen molar-refractivity contribution in [3.05, 3.63) is 78.5 Å². The average Bonchev–Trinajstić information content (AvgIpc) is 3.56. The standard InChI is InChI=1S/C35H48N6O5S/c1-35(2,3)46-34(45)41-28(19-25-14-8-5-9-15-25)32(43)40-29(20-26-21-36-23-38-26)33(44)39-27(18-24-12-6-4-7-13-24)30(42)22-47-31-16-10-11-17-37-31/h5,8-11,14-17,21,23-24,27-30,42H,4,6-7,12-13,18-20,22H2,1-3H3,(H,36,38)(H,39,44)(H,40,43)(H,41,45)/t27-,28-,29-,30+/m0/s1. The Kier molecular flexibility index (Phi) is 13.7. The van der Waals surface area contributed by atoms with E-state index in [2.05, 4.69) is 30.9 Å². The first-order chi connectivity index (χ1) is 22.6. The van der Waals surface area contributed by atoms with Crippen molar-refractivity contribution in [1.82, 2.24) is 30.9 Å². The zero-order valence-electron chi connectivity index (χ0n) is 27.5. The van der Waals surface area contributed by atoms with E-state index >= 15 is 0 Å². The molecule has 0 spiro atoms. The van der Waals surface area contributed by atoms with Crippen molar-refractivity contribution in [2.75, 3.05) is 5.75 Å². The van der Waals surface area contributed by atoms with Gasteiger partial charge in [-0.1, -0.05) is 68.5 Å². The van der Waals surface area contributed by atoms with Crippen LogP contribution in [0, 0.1) is 5.92 Å². The molecule has 5 N–H and O–H groups in total. The second-order valence-electron chi connectivity index (χ2n) is 13.1. The third-order valence-corrected chi connectivity index (χ3v) is 9.09. The lowest BCUT2D eigenvalue weighted by atomic mass is 9.83. The van der Waals surface area contributed by atoms with Crippen LogP contribution in [0.4, 0.5) is 4.79 Å². The van der Waals surface area contributed by atoms with E-state index < -0.39 is 47.7 Å². The maximum Gasteiger partial charge on any atom is 0.408 e. The summed E-state index contributed by atoms with van der Waals surface area (Å²) >= 11 is 1.44. The predicted octanol–water partition coefficient (Wildman–Crippen LogP) is 4.58. The predicted molar refractivity (Wildman–Crippen MR) is 182 cm³/mol. The number of thioether (sulfide) groups is 1. The number of pyridine rings is 1. The number of aliphatic hydroxyl groups is 1. The summed E-state index contributed by atoms with van der Waals surface area (Å²) in [5.74, 6) is -0.219. The molecule has 1 saturated carbocycles. The van der Waals surface area contributed by atoms with Crippen LogP contribution in [0.15, 0.2) is 72.3 Å². The molecule has 3 amide bonds. The molecule has 1 fully saturated rings. The van der Waals surface area contributed by atoms with Gasteiger partial charge in [-0.25, -0.2) is 14.8 Å². The quantitative estimate of drug-likeness (QED) is 0.148. The van der Waals surface area contributed by atoms with Gasteiger partial charge < -0.3 is 30.8 Å². The molecule has 12 heteroatoms. The fraction of sp³-hybridized carbons (Fsp3) is 0.514. The highest BCUT2D eigenvalue weighted by Gasteiger charge is 2.32. The average molecular weight is 665 g/mol. The molecule has 2 heterocycles. The number of hydrogen-bond acceptors (Lipinski definition) is 8. The second-order valence-corrected chi connectivity index (χ2v) is 14.2. The molecule has 4 rings (SSSR count). The highest BCUT2D eigenvalue weighted by molar-refractivity contribution is 7.99. The lowest BCUT2D eigenvalue weighted by molar-refractivity contribution is -0.130. The molecule has 1 aromatic carbocycles. The number of hydrogen-bond donors (Lipinski definition) is 5. The summed E-state index contributed by atoms with van der Waals surface area (Å²) in [7, 11) is 0. The van der Waals surface area contributed by atoms with E-state index in [1.54, 1.807) is 33.2 Å². The van der Waals surface area contributed by atoms with Crippen molar-refractivity contribution in [2.45, 2.75) is 107 Å². The van der Waals surface area contributed by atoms with E-state index in [9.17, 15) is 19.5 Å². The Bertz CT molecular complexity index is 1380. The van der Waals surface area contributed by atoms with Crippen LogP contribution in [-0.2, 0) is 27.2 Å². The molecule has 1 aliphatic rings. The van der Waals surface area contributed by atoms with Crippen LogP contribution in [0.3, 0.4) is 0 Å². The molecular weight excluding hydrogens is 616 g/mol. The van der Waals surface area contributed by atoms with Crippen LogP contribution >= 0.6 is 11.8 Å². The van der Waals surface area contributed by atoms with Crippen molar-refractivity contribution in [3.63, 3.8) is 0 Å². The lowest BCUT2D eigenvalue weighted by Gasteiger charge is -2.31. The van der Waals surface area contributed by atoms with Crippen molar-refractivity contribution < 1.29 is 24.2 Å². The number of alkyl carbamates (subject to hydrolysis) is 1. The van der Waals surface area contributed by atoms with E-state index in [0.29, 0.717) is 23.8 Å². The molecule has 0 radical (unpaired) electrons. The van der Waals surface area contributed by atoms with E-state index in [1.807, 2.05) is 48.5 Å². The number of nitrogens with zero attached hydrogens (tertiary/aromatic N) is 2. The van der Waals surface area contributed by atoms with Gasteiger partial charge in [-0.2, -0.15) is 0 Å². The Hall–Kier alpha value is -3.90. The Morgan fingerprint density at radius 3 is 2.32 bits per heavy atom. The maximum atomic E-state index is 14.0. The summed E-state index contributed by atoms with van der Waals surface area (Å²) in [5, 5.41) is 20.9. The first kappa shape index (κ1) is 35.9. The molecule has 1 aliphatic carbocycles. The summed E-state index contributed by atoms with van der Waals surface area (Å²) in [6.07, 6.45) is 9.80. The number of H-pyrrole nitrogens is 1. The number of aliphatic hydroxyl groups excluding tert-OH is 1. The summed E-state index contributed by atoms with van der Waals surface area (Å²) < 4.78 is 5.44. The summed E-state index contributed by atoms with van der Waals surface area (Å²) in [6.45, 7) is 5.24. The number of carbonyl (C=O) groups excluding carboxylic acids is 3. The van der Waals surface area contributed by atoms with Gasteiger partial charge in [-0.3, -0.25) is 9.59 Å². The van der Waals surface area contributed by atoms with Crippen LogP contribution in [0.2, 0.25) is 0 Å². The highest BCUT2D eigenvalue weighted by atomic mass is 32.2. The largest absolute Gasteiger partial charge is 0.444 e. The second kappa shape index (κ2) is 17.9. The smallest absolute Gasteiger partial charge is 0.408 e. The molecule has 2 aromatic heterocycles. The van der Waals surface area contributed by atoms with Gasteiger partial charge >= 0.3 is 6.09 Å². The minimum atomic E-state index is -1.01. The fourth-order valence-electron chi connectivity index (χ4n) is 5.70. The summed E-state index contributed by atoms with van der Waals surface area (Å²) in [5.41, 5.74) is 0.726. The molecule has 4 atom stereocenters. The van der Waals surface area contributed by atoms with Crippen molar-refractivity contribution in [1.29, 1.82) is 0 Å². The number of aromatic nitrogens is 3. The van der Waals surface area contributed by atoms with Gasteiger partial charge in [0, 0.05) is 36.7 Å². The molecule has 47 heavy (non-hydrogen) atoms. The SMILES string of the molecule is CC(C)(C)OC(=O)N[C@@H](Cc1ccccc1)C(=O)N[C@@H](Cc1cnc[nH]1)C(=O)N[C@@H](CC1CCCCC1)[C@H](O)CSc1ccccn1. The number of amides is 3. The van der Waals surface area contributed by atoms with Crippen molar-refractivity contribution in [3.8, 4) is 0 Å². The molecule has 0 aliphatic heterocycles. The van der Waals surface area contributed by atoms with E-state index in [0.717, 1.165) is 36.3 Å². The summed E-state index contributed by atoms with van der Waals surface area (Å²) in [6, 6.07) is 12.4. The first-order valence-corrected chi connectivity index (χ1v) is 17.4. The zero-order chi connectivity index (χ0) is 33.6. The van der Waals surface area contributed by atoms with Gasteiger partial charge in [-0.05, 0) is 50.8 Å². The highest BCUT2D eigenvalue weighted by Crippen LogP contribution is 2.29. The third kappa shape index (κ3) is 12.7. The number of benzene rings is 1. The van der Waals surface area contributed by atoms with Gasteiger partial charge in [-0.15, -0.1) is 11.8 Å². The molecule has 254 valence electrons. The van der Waals surface area contributed by atoms with Gasteiger partial charge in [0.2, 0.25) is 11.8 Å². The summed E-state index contributed by atoms with van der Waals surface area (Å²) in [4.78, 5) is 52.1. The Morgan fingerprint density at radius 1 is 0.957 bits per heavy atom. The lowest BCUT2D eigenvalue weighted by Crippen LogP contribution is -2.58. The fourth-order valence-corrected chi connectivity index (χ4v) is 6.59. The minimum absolute atomic E-state index is 0.136. The van der Waals surface area contributed by atoms with Gasteiger partial charge in [0.1, 0.15) is 17.7 Å². The number of aromatic amines is 1. The van der Waals surface area contributed by atoms with E-state index in [-0.39, 0.29) is 12.8 Å². The normalized spacial score (nSPS) is 16.3. The number of nitrogens with one attached hydrogen (secondary N) is 4. The maximum absolute atomic E-state index is 14.0. The minimum Gasteiger partial charge on any atom is -0.444 e. The van der Waals surface area contributed by atoms with Crippen LogP contribution in [0.25, 0.3) is 0 Å². The first-order valence-electron chi connectivity index (χ1n) is 16.4. The Labute approximate surface area is 281 Å². The zero-order valence-corrected chi connectivity index (χ0v) is 28.3. The van der Waals surface area contributed by atoms with Gasteiger partial charge in [0.15, 0.2) is 0 Å². The Morgan fingerprint density at radius 2 is 1.66 bits per heavy atom.